The van der Waals surface area contributed by atoms with Gasteiger partial charge in [-0.15, -0.1) is 0 Å². The molecule has 1 heterocycles. The lowest BCUT2D eigenvalue weighted by Crippen LogP contribution is -2.41. The lowest BCUT2D eigenvalue weighted by atomic mass is 9.97. The van der Waals surface area contributed by atoms with Gasteiger partial charge in [0.2, 0.25) is 0 Å². The Hall–Kier alpha value is -0.370. The second-order valence-corrected chi connectivity index (χ2v) is 5.86. The molecule has 0 bridgehead atoms. The Morgan fingerprint density at radius 1 is 1.11 bits per heavy atom. The van der Waals surface area contributed by atoms with Crippen LogP contribution in [0.1, 0.15) is 78.1 Å². The second kappa shape index (κ2) is 9.55. The van der Waals surface area contributed by atoms with E-state index in [0.29, 0.717) is 11.8 Å². The molecule has 0 aromatic rings. The molecule has 0 aromatic heterocycles. The first-order valence-corrected chi connectivity index (χ1v) is 7.97. The average molecular weight is 253 g/mol. The van der Waals surface area contributed by atoms with E-state index in [1.54, 1.807) is 6.92 Å². The second-order valence-electron chi connectivity index (χ2n) is 5.86. The van der Waals surface area contributed by atoms with Gasteiger partial charge in [0, 0.05) is 12.5 Å². The number of ketones is 1. The highest BCUT2D eigenvalue weighted by molar-refractivity contribution is 5.76. The molecule has 1 rings (SSSR count). The molecule has 0 amide bonds. The van der Waals surface area contributed by atoms with Crippen LogP contribution in [0.15, 0.2) is 0 Å². The first-order chi connectivity index (χ1) is 8.74. The highest BCUT2D eigenvalue weighted by Gasteiger charge is 2.22. The van der Waals surface area contributed by atoms with Gasteiger partial charge in [0.05, 0.1) is 0 Å². The molecular weight excluding hydrogens is 222 g/mol. The van der Waals surface area contributed by atoms with Crippen molar-refractivity contribution in [3.05, 3.63) is 0 Å². The van der Waals surface area contributed by atoms with E-state index in [1.165, 1.54) is 70.9 Å². The molecule has 2 heteroatoms. The number of nitrogens with zero attached hydrogens (tertiary/aromatic N) is 1. The lowest BCUT2D eigenvalue weighted by molar-refractivity contribution is -0.118. The number of piperidine rings is 1. The van der Waals surface area contributed by atoms with Crippen molar-refractivity contribution < 1.29 is 4.79 Å². The minimum absolute atomic E-state index is 0.356. The fourth-order valence-electron chi connectivity index (χ4n) is 3.01. The number of unbranched alkanes of at least 4 members (excludes halogenated alkanes) is 5. The number of hydrogen-bond donors (Lipinski definition) is 0. The Kier molecular flexibility index (Phi) is 8.32. The molecule has 0 saturated carbocycles. The fourth-order valence-corrected chi connectivity index (χ4v) is 3.01. The normalized spacial score (nSPS) is 21.1. The van der Waals surface area contributed by atoms with E-state index >= 15 is 0 Å². The minimum atomic E-state index is 0.356. The number of carbonyl (C=O) groups excluding carboxylic acids is 1. The third-order valence-electron chi connectivity index (χ3n) is 4.07. The molecule has 0 spiro atoms. The first kappa shape index (κ1) is 15.7. The van der Waals surface area contributed by atoms with Crippen molar-refractivity contribution in [1.29, 1.82) is 0 Å². The van der Waals surface area contributed by atoms with Gasteiger partial charge in [-0.2, -0.15) is 0 Å². The van der Waals surface area contributed by atoms with Crippen LogP contribution in [0.3, 0.4) is 0 Å². The van der Waals surface area contributed by atoms with Crippen LogP contribution in [0, 0.1) is 0 Å². The monoisotopic (exact) mass is 253 g/mol. The molecule has 18 heavy (non-hydrogen) atoms. The smallest absolute Gasteiger partial charge is 0.131 e. The van der Waals surface area contributed by atoms with Crippen molar-refractivity contribution >= 4 is 5.78 Å². The maximum absolute atomic E-state index is 11.3. The zero-order valence-corrected chi connectivity index (χ0v) is 12.4. The Morgan fingerprint density at radius 3 is 2.56 bits per heavy atom. The third-order valence-corrected chi connectivity index (χ3v) is 4.07. The zero-order valence-electron chi connectivity index (χ0n) is 12.4. The molecule has 1 fully saturated rings. The molecule has 0 aromatic carbocycles. The van der Waals surface area contributed by atoms with E-state index in [-0.39, 0.29) is 0 Å². The Labute approximate surface area is 113 Å². The number of likely N-dealkylation sites (tertiary alicyclic amines) is 1. The highest BCUT2D eigenvalue weighted by atomic mass is 16.1. The lowest BCUT2D eigenvalue weighted by Gasteiger charge is -2.35. The SMILES string of the molecule is CCCCCCCCN1CCCCC1CC(C)=O. The summed E-state index contributed by atoms with van der Waals surface area (Å²) in [6, 6.07) is 0.548. The molecule has 1 aliphatic rings. The van der Waals surface area contributed by atoms with Gasteiger partial charge in [-0.05, 0) is 39.3 Å². The topological polar surface area (TPSA) is 20.3 Å². The van der Waals surface area contributed by atoms with E-state index in [9.17, 15) is 4.79 Å². The van der Waals surface area contributed by atoms with Crippen LogP contribution in [0.25, 0.3) is 0 Å². The van der Waals surface area contributed by atoms with Gasteiger partial charge in [0.25, 0.3) is 0 Å². The third kappa shape index (κ3) is 6.53. The molecule has 2 nitrogen and oxygen atoms in total. The maximum Gasteiger partial charge on any atom is 0.131 e. The fraction of sp³-hybridized carbons (Fsp3) is 0.938. The van der Waals surface area contributed by atoms with E-state index in [0.717, 1.165) is 6.42 Å². The summed E-state index contributed by atoms with van der Waals surface area (Å²) in [6.45, 7) is 6.43. The summed E-state index contributed by atoms with van der Waals surface area (Å²) in [6.07, 6.45) is 12.8. The summed E-state index contributed by atoms with van der Waals surface area (Å²) in [5, 5.41) is 0. The number of rotatable bonds is 9. The number of Topliss-reactive ketones (excluding diaryl/α,β-unsaturated/α-hetero) is 1. The Morgan fingerprint density at radius 2 is 1.83 bits per heavy atom. The predicted octanol–water partition coefficient (Wildman–Crippen LogP) is 4.18. The predicted molar refractivity (Wildman–Crippen MR) is 77.9 cm³/mol. The van der Waals surface area contributed by atoms with Crippen LogP contribution in [0.5, 0.6) is 0 Å². The standard InChI is InChI=1S/C16H31NO/c1-3-4-5-6-7-9-12-17-13-10-8-11-16(17)14-15(2)18/h16H,3-14H2,1-2H3. The molecule has 106 valence electrons. The quantitative estimate of drug-likeness (QED) is 0.575. The summed E-state index contributed by atoms with van der Waals surface area (Å²) in [5.41, 5.74) is 0. The van der Waals surface area contributed by atoms with Gasteiger partial charge < -0.3 is 0 Å². The van der Waals surface area contributed by atoms with Gasteiger partial charge in [-0.25, -0.2) is 0 Å². The van der Waals surface area contributed by atoms with Crippen molar-refractivity contribution in [1.82, 2.24) is 4.90 Å². The van der Waals surface area contributed by atoms with E-state index in [2.05, 4.69) is 11.8 Å². The summed E-state index contributed by atoms with van der Waals surface area (Å²) < 4.78 is 0. The largest absolute Gasteiger partial charge is 0.300 e. The van der Waals surface area contributed by atoms with Crippen LogP contribution in [0.4, 0.5) is 0 Å². The Bertz CT molecular complexity index is 227. The number of hydrogen-bond acceptors (Lipinski definition) is 2. The molecule has 1 atom stereocenters. The van der Waals surface area contributed by atoms with E-state index in [4.69, 9.17) is 0 Å². The molecule has 1 unspecified atom stereocenters. The van der Waals surface area contributed by atoms with Crippen molar-refractivity contribution in [3.8, 4) is 0 Å². The van der Waals surface area contributed by atoms with Crippen LogP contribution < -0.4 is 0 Å². The highest BCUT2D eigenvalue weighted by Crippen LogP contribution is 2.20. The van der Waals surface area contributed by atoms with Gasteiger partial charge in [-0.1, -0.05) is 45.4 Å². The summed E-state index contributed by atoms with van der Waals surface area (Å²) in [4.78, 5) is 13.9. The van der Waals surface area contributed by atoms with Crippen LogP contribution in [-0.2, 0) is 4.79 Å². The number of carbonyl (C=O) groups is 1. The summed E-state index contributed by atoms with van der Waals surface area (Å²) in [5.74, 6) is 0.356. The van der Waals surface area contributed by atoms with Gasteiger partial charge in [0.15, 0.2) is 0 Å². The summed E-state index contributed by atoms with van der Waals surface area (Å²) >= 11 is 0. The van der Waals surface area contributed by atoms with E-state index in [1.807, 2.05) is 0 Å². The van der Waals surface area contributed by atoms with Gasteiger partial charge in [0.1, 0.15) is 5.78 Å². The average Bonchev–Trinajstić information content (AvgIpc) is 2.35. The van der Waals surface area contributed by atoms with Crippen molar-refractivity contribution in [3.63, 3.8) is 0 Å². The Balaban J connectivity index is 2.15. The molecule has 0 aliphatic carbocycles. The van der Waals surface area contributed by atoms with Crippen LogP contribution >= 0.6 is 0 Å². The molecular formula is C16H31NO. The van der Waals surface area contributed by atoms with Crippen molar-refractivity contribution in [2.45, 2.75) is 84.1 Å². The first-order valence-electron chi connectivity index (χ1n) is 7.97. The molecule has 1 saturated heterocycles. The van der Waals surface area contributed by atoms with Crippen molar-refractivity contribution in [2.75, 3.05) is 13.1 Å². The van der Waals surface area contributed by atoms with E-state index < -0.39 is 0 Å². The zero-order chi connectivity index (χ0) is 13.2. The van der Waals surface area contributed by atoms with Gasteiger partial charge in [-0.3, -0.25) is 9.69 Å². The molecule has 1 aliphatic heterocycles. The van der Waals surface area contributed by atoms with Gasteiger partial charge >= 0.3 is 0 Å². The minimum Gasteiger partial charge on any atom is -0.300 e. The molecule has 0 N–H and O–H groups in total. The van der Waals surface area contributed by atoms with Crippen molar-refractivity contribution in [2.24, 2.45) is 0 Å². The van der Waals surface area contributed by atoms with Crippen LogP contribution in [-0.4, -0.2) is 29.8 Å². The summed E-state index contributed by atoms with van der Waals surface area (Å²) in [7, 11) is 0. The van der Waals surface area contributed by atoms with Crippen LogP contribution in [0.2, 0.25) is 0 Å². The molecule has 0 radical (unpaired) electrons. The maximum atomic E-state index is 11.3.